The van der Waals surface area contributed by atoms with Crippen molar-refractivity contribution in [3.8, 4) is 0 Å². The summed E-state index contributed by atoms with van der Waals surface area (Å²) in [7, 11) is 1.95. The molecule has 0 aliphatic rings. The minimum Gasteiger partial charge on any atom is -0.388 e. The van der Waals surface area contributed by atoms with Gasteiger partial charge < -0.3 is 5.32 Å². The van der Waals surface area contributed by atoms with Gasteiger partial charge in [0, 0.05) is 21.7 Å². The molecule has 0 fully saturated rings. The highest BCUT2D eigenvalue weighted by atomic mass is 127. The zero-order chi connectivity index (χ0) is 9.26. The number of fused-ring (bicyclic) bond motifs is 1. The molecule has 0 bridgehead atoms. The van der Waals surface area contributed by atoms with Crippen molar-refractivity contribution in [1.29, 1.82) is 0 Å². The Balaban J connectivity index is 2.84. The molecule has 2 rings (SSSR count). The van der Waals surface area contributed by atoms with E-state index in [9.17, 15) is 0 Å². The summed E-state index contributed by atoms with van der Waals surface area (Å²) in [6, 6.07) is 12.7. The summed E-state index contributed by atoms with van der Waals surface area (Å²) in [6.07, 6.45) is 0. The monoisotopic (exact) mass is 283 g/mol. The highest BCUT2D eigenvalue weighted by Gasteiger charge is 2.00. The lowest BCUT2D eigenvalue weighted by Crippen LogP contribution is -1.89. The van der Waals surface area contributed by atoms with Crippen LogP contribution in [0.15, 0.2) is 36.4 Å². The molecular weight excluding hydrogens is 273 g/mol. The average Bonchev–Trinajstić information content (AvgIpc) is 2.18. The van der Waals surface area contributed by atoms with Crippen molar-refractivity contribution in [2.45, 2.75) is 0 Å². The molecule has 2 heteroatoms. The van der Waals surface area contributed by atoms with Gasteiger partial charge in [0.1, 0.15) is 0 Å². The fourth-order valence-electron chi connectivity index (χ4n) is 1.49. The fourth-order valence-corrected chi connectivity index (χ4v) is 2.17. The lowest BCUT2D eigenvalue weighted by molar-refractivity contribution is 1.54. The second kappa shape index (κ2) is 3.54. The predicted molar refractivity (Wildman–Crippen MR) is 66.2 cm³/mol. The van der Waals surface area contributed by atoms with Gasteiger partial charge in [-0.05, 0) is 40.1 Å². The van der Waals surface area contributed by atoms with Crippen molar-refractivity contribution in [3.63, 3.8) is 0 Å². The highest BCUT2D eigenvalue weighted by Crippen LogP contribution is 2.26. The van der Waals surface area contributed by atoms with Crippen molar-refractivity contribution in [1.82, 2.24) is 0 Å². The maximum Gasteiger partial charge on any atom is 0.0417 e. The number of anilines is 1. The van der Waals surface area contributed by atoms with Gasteiger partial charge in [0.05, 0.1) is 0 Å². The molecule has 0 aliphatic carbocycles. The van der Waals surface area contributed by atoms with Gasteiger partial charge in [0.25, 0.3) is 0 Å². The second-order valence-corrected chi connectivity index (χ2v) is 4.05. The van der Waals surface area contributed by atoms with Crippen LogP contribution in [0, 0.1) is 3.57 Å². The van der Waals surface area contributed by atoms with Crippen LogP contribution >= 0.6 is 22.6 Å². The molecule has 1 N–H and O–H groups in total. The Morgan fingerprint density at radius 1 is 1.00 bits per heavy atom. The molecule has 0 saturated carbocycles. The Morgan fingerprint density at radius 3 is 2.46 bits per heavy atom. The molecule has 0 unspecified atom stereocenters. The smallest absolute Gasteiger partial charge is 0.0417 e. The molecule has 0 saturated heterocycles. The molecule has 0 heterocycles. The Morgan fingerprint density at radius 2 is 1.69 bits per heavy atom. The molecule has 0 spiro atoms. The molecule has 1 nitrogen and oxygen atoms in total. The van der Waals surface area contributed by atoms with E-state index in [0.29, 0.717) is 0 Å². The van der Waals surface area contributed by atoms with Crippen LogP contribution in [0.3, 0.4) is 0 Å². The van der Waals surface area contributed by atoms with E-state index in [1.807, 2.05) is 7.05 Å². The number of rotatable bonds is 1. The molecule has 2 aromatic rings. The molecule has 13 heavy (non-hydrogen) atoms. The minimum atomic E-state index is 1.19. The van der Waals surface area contributed by atoms with E-state index in [2.05, 4.69) is 64.3 Å². The average molecular weight is 283 g/mol. The number of halogens is 1. The lowest BCUT2D eigenvalue weighted by atomic mass is 10.1. The van der Waals surface area contributed by atoms with Crippen molar-refractivity contribution in [2.75, 3.05) is 12.4 Å². The quantitative estimate of drug-likeness (QED) is 0.790. The summed E-state index contributed by atoms with van der Waals surface area (Å²) in [5.41, 5.74) is 1.19. The van der Waals surface area contributed by atoms with Gasteiger partial charge in [-0.25, -0.2) is 0 Å². The van der Waals surface area contributed by atoms with Gasteiger partial charge in [-0.15, -0.1) is 0 Å². The second-order valence-electron chi connectivity index (χ2n) is 2.89. The number of nitrogens with one attached hydrogen (secondary N) is 1. The molecular formula is C11H10IN. The molecule has 0 aliphatic heterocycles. The van der Waals surface area contributed by atoms with Gasteiger partial charge in [0.2, 0.25) is 0 Å². The van der Waals surface area contributed by atoms with Gasteiger partial charge in [-0.3, -0.25) is 0 Å². The predicted octanol–water partition coefficient (Wildman–Crippen LogP) is 3.49. The van der Waals surface area contributed by atoms with Crippen LogP contribution < -0.4 is 5.32 Å². The summed E-state index contributed by atoms with van der Waals surface area (Å²) in [6.45, 7) is 0. The van der Waals surface area contributed by atoms with E-state index in [4.69, 9.17) is 0 Å². The van der Waals surface area contributed by atoms with Crippen molar-refractivity contribution in [3.05, 3.63) is 40.0 Å². The van der Waals surface area contributed by atoms with Crippen LogP contribution in [0.4, 0.5) is 5.69 Å². The number of benzene rings is 2. The minimum absolute atomic E-state index is 1.19. The largest absolute Gasteiger partial charge is 0.388 e. The Bertz CT molecular complexity index is 437. The molecule has 0 amide bonds. The van der Waals surface area contributed by atoms with Crippen LogP contribution in [-0.2, 0) is 0 Å². The standard InChI is InChI=1S/C11H10IN/c1-13-11-7-3-4-8-9(11)5-2-6-10(8)12/h2-7,13H,1H3. The van der Waals surface area contributed by atoms with E-state index in [1.165, 1.54) is 20.0 Å². The number of hydrogen-bond donors (Lipinski definition) is 1. The maximum atomic E-state index is 3.19. The molecule has 0 atom stereocenters. The maximum absolute atomic E-state index is 3.19. The van der Waals surface area contributed by atoms with Crippen molar-refractivity contribution in [2.24, 2.45) is 0 Å². The third-order valence-electron chi connectivity index (χ3n) is 2.14. The first-order chi connectivity index (χ1) is 6.33. The van der Waals surface area contributed by atoms with Crippen LogP contribution in [0.25, 0.3) is 10.8 Å². The zero-order valence-electron chi connectivity index (χ0n) is 7.34. The summed E-state index contributed by atoms with van der Waals surface area (Å²) >= 11 is 2.36. The first-order valence-electron chi connectivity index (χ1n) is 4.18. The van der Waals surface area contributed by atoms with E-state index in [0.717, 1.165) is 0 Å². The van der Waals surface area contributed by atoms with Gasteiger partial charge >= 0.3 is 0 Å². The first kappa shape index (κ1) is 8.81. The van der Waals surface area contributed by atoms with Crippen LogP contribution in [0.2, 0.25) is 0 Å². The summed E-state index contributed by atoms with van der Waals surface area (Å²) in [5, 5.41) is 5.80. The van der Waals surface area contributed by atoms with Crippen LogP contribution in [-0.4, -0.2) is 7.05 Å². The summed E-state index contributed by atoms with van der Waals surface area (Å²) in [4.78, 5) is 0. The third kappa shape index (κ3) is 1.50. The molecule has 2 aromatic carbocycles. The SMILES string of the molecule is CNc1cccc2c(I)cccc12. The van der Waals surface area contributed by atoms with Gasteiger partial charge in [0.15, 0.2) is 0 Å². The third-order valence-corrected chi connectivity index (χ3v) is 3.08. The van der Waals surface area contributed by atoms with Crippen molar-refractivity contribution >= 4 is 39.1 Å². The van der Waals surface area contributed by atoms with Crippen LogP contribution in [0.5, 0.6) is 0 Å². The zero-order valence-corrected chi connectivity index (χ0v) is 9.50. The normalized spacial score (nSPS) is 10.3. The lowest BCUT2D eigenvalue weighted by Gasteiger charge is -2.06. The van der Waals surface area contributed by atoms with Gasteiger partial charge in [-0.1, -0.05) is 24.3 Å². The van der Waals surface area contributed by atoms with Crippen LogP contribution in [0.1, 0.15) is 0 Å². The molecule has 0 radical (unpaired) electrons. The fraction of sp³-hybridized carbons (Fsp3) is 0.0909. The first-order valence-corrected chi connectivity index (χ1v) is 5.26. The molecule has 0 aromatic heterocycles. The molecule has 66 valence electrons. The summed E-state index contributed by atoms with van der Waals surface area (Å²) in [5.74, 6) is 0. The van der Waals surface area contributed by atoms with E-state index in [-0.39, 0.29) is 0 Å². The summed E-state index contributed by atoms with van der Waals surface area (Å²) < 4.78 is 1.30. The van der Waals surface area contributed by atoms with E-state index in [1.54, 1.807) is 0 Å². The Kier molecular flexibility index (Phi) is 2.40. The topological polar surface area (TPSA) is 12.0 Å². The van der Waals surface area contributed by atoms with Gasteiger partial charge in [-0.2, -0.15) is 0 Å². The Hall–Kier alpha value is -0.770. The van der Waals surface area contributed by atoms with Crippen molar-refractivity contribution < 1.29 is 0 Å². The van der Waals surface area contributed by atoms with E-state index < -0.39 is 0 Å². The highest BCUT2D eigenvalue weighted by molar-refractivity contribution is 14.1. The Labute approximate surface area is 91.3 Å². The number of hydrogen-bond acceptors (Lipinski definition) is 1. The van der Waals surface area contributed by atoms with E-state index >= 15 is 0 Å².